The van der Waals surface area contributed by atoms with E-state index in [0.717, 1.165) is 0 Å². The lowest BCUT2D eigenvalue weighted by Gasteiger charge is -2.02. The zero-order valence-corrected chi connectivity index (χ0v) is 11.5. The Morgan fingerprint density at radius 3 is 1.59 bits per heavy atom. The van der Waals surface area contributed by atoms with Crippen molar-refractivity contribution in [3.05, 3.63) is 0 Å². The number of aliphatic imine (C=N–C) groups is 2. The van der Waals surface area contributed by atoms with Crippen molar-refractivity contribution in [2.45, 2.75) is 27.7 Å². The lowest BCUT2D eigenvalue weighted by Crippen LogP contribution is -2.24. The number of rotatable bonds is 4. The van der Waals surface area contributed by atoms with E-state index in [-0.39, 0.29) is 0 Å². The second-order valence-corrected chi connectivity index (χ2v) is 6.29. The Hall–Kier alpha value is -1.11. The Kier molecular flexibility index (Phi) is 4.50. The van der Waals surface area contributed by atoms with Crippen LogP contribution in [0.4, 0.5) is 0 Å². The van der Waals surface area contributed by atoms with E-state index in [1.807, 2.05) is 27.7 Å². The smallest absolute Gasteiger partial charge is 0.264 e. The molecule has 0 radical (unpaired) electrons. The minimum absolute atomic E-state index is 0.319. The summed E-state index contributed by atoms with van der Waals surface area (Å²) in [6, 6.07) is 0. The van der Waals surface area contributed by atoms with Crippen molar-refractivity contribution in [3.63, 3.8) is 0 Å². The van der Waals surface area contributed by atoms with Crippen molar-refractivity contribution < 1.29 is 8.42 Å². The van der Waals surface area contributed by atoms with Crippen LogP contribution in [0.1, 0.15) is 27.7 Å². The van der Waals surface area contributed by atoms with Crippen molar-refractivity contribution >= 4 is 21.9 Å². The van der Waals surface area contributed by atoms with Crippen LogP contribution in [0.5, 0.6) is 0 Å². The van der Waals surface area contributed by atoms with Gasteiger partial charge in [-0.15, -0.1) is 0 Å². The zero-order chi connectivity index (χ0) is 13.1. The molecule has 0 atom stereocenters. The van der Waals surface area contributed by atoms with Gasteiger partial charge in [-0.25, -0.2) is 9.44 Å². The molecular weight excluding hydrogens is 240 g/mol. The Morgan fingerprint density at radius 1 is 0.941 bits per heavy atom. The Bertz CT molecular complexity index is 390. The van der Waals surface area contributed by atoms with Crippen LogP contribution in [-0.2, 0) is 10.2 Å². The monoisotopic (exact) mass is 260 g/mol. The van der Waals surface area contributed by atoms with Crippen molar-refractivity contribution in [1.82, 2.24) is 9.44 Å². The number of nitrogens with one attached hydrogen (secondary N) is 2. The molecule has 0 amide bonds. The van der Waals surface area contributed by atoms with Gasteiger partial charge in [0.2, 0.25) is 0 Å². The van der Waals surface area contributed by atoms with E-state index >= 15 is 0 Å². The third kappa shape index (κ3) is 4.72. The standard InChI is InChI=1S/C10H20N4O2S/c1-7(2)5-11-9-10(12-6-8(3)4)14-17(15,16)13-9/h7-8H,5-6H2,1-4H3,(H,11,13)(H,12,14). The van der Waals surface area contributed by atoms with Crippen molar-refractivity contribution in [3.8, 4) is 0 Å². The first kappa shape index (κ1) is 14.0. The van der Waals surface area contributed by atoms with Crippen LogP contribution in [0, 0.1) is 11.8 Å². The zero-order valence-electron chi connectivity index (χ0n) is 10.7. The average Bonchev–Trinajstić information content (AvgIpc) is 2.47. The van der Waals surface area contributed by atoms with Gasteiger partial charge in [-0.1, -0.05) is 27.7 Å². The first-order chi connectivity index (χ1) is 7.80. The molecule has 0 bridgehead atoms. The Morgan fingerprint density at radius 2 is 1.29 bits per heavy atom. The molecule has 1 heterocycles. The summed E-state index contributed by atoms with van der Waals surface area (Å²) in [6.45, 7) is 9.22. The molecule has 7 heteroatoms. The van der Waals surface area contributed by atoms with Crippen LogP contribution in [0.2, 0.25) is 0 Å². The van der Waals surface area contributed by atoms with Crippen LogP contribution in [0.25, 0.3) is 0 Å². The lowest BCUT2D eigenvalue weighted by atomic mass is 10.2. The maximum absolute atomic E-state index is 11.4. The quantitative estimate of drug-likeness (QED) is 0.773. The van der Waals surface area contributed by atoms with E-state index in [0.29, 0.717) is 36.6 Å². The summed E-state index contributed by atoms with van der Waals surface area (Å²) in [5.41, 5.74) is 0. The number of amidine groups is 2. The lowest BCUT2D eigenvalue weighted by molar-refractivity contribution is 0.591. The second kappa shape index (κ2) is 5.48. The van der Waals surface area contributed by atoms with Crippen LogP contribution in [0.15, 0.2) is 9.98 Å². The van der Waals surface area contributed by atoms with Crippen molar-refractivity contribution in [2.24, 2.45) is 21.8 Å². The molecule has 1 fully saturated rings. The van der Waals surface area contributed by atoms with Crippen LogP contribution in [-0.4, -0.2) is 33.2 Å². The molecule has 1 aliphatic rings. The summed E-state index contributed by atoms with van der Waals surface area (Å²) in [4.78, 5) is 8.42. The van der Waals surface area contributed by atoms with Gasteiger partial charge in [0.1, 0.15) is 0 Å². The van der Waals surface area contributed by atoms with Gasteiger partial charge in [-0.3, -0.25) is 9.98 Å². The number of hydrogen-bond donors (Lipinski definition) is 2. The summed E-state index contributed by atoms with van der Waals surface area (Å²) >= 11 is 0. The molecule has 0 aromatic rings. The van der Waals surface area contributed by atoms with E-state index in [1.54, 1.807) is 0 Å². The molecule has 0 aliphatic carbocycles. The maximum atomic E-state index is 11.4. The van der Waals surface area contributed by atoms with Gasteiger partial charge < -0.3 is 0 Å². The fourth-order valence-corrected chi connectivity index (χ4v) is 2.02. The molecule has 1 saturated heterocycles. The second-order valence-electron chi connectivity index (χ2n) is 4.87. The van der Waals surface area contributed by atoms with Gasteiger partial charge in [-0.2, -0.15) is 8.42 Å². The molecule has 1 rings (SSSR count). The number of hydrogen-bond acceptors (Lipinski definition) is 4. The van der Waals surface area contributed by atoms with E-state index in [9.17, 15) is 8.42 Å². The molecule has 6 nitrogen and oxygen atoms in total. The SMILES string of the molecule is CC(C)CN=C1NS(=O)(=O)NC1=NCC(C)C. The van der Waals surface area contributed by atoms with Gasteiger partial charge in [-0.05, 0) is 11.8 Å². The molecule has 1 aliphatic heterocycles. The molecule has 0 aromatic heterocycles. The highest BCUT2D eigenvalue weighted by molar-refractivity contribution is 7.89. The largest absolute Gasteiger partial charge is 0.324 e. The van der Waals surface area contributed by atoms with Gasteiger partial charge >= 0.3 is 10.2 Å². The van der Waals surface area contributed by atoms with Crippen molar-refractivity contribution in [1.29, 1.82) is 0 Å². The minimum Gasteiger partial charge on any atom is -0.264 e. The minimum atomic E-state index is -3.50. The normalized spacial score (nSPS) is 23.4. The molecular formula is C10H20N4O2S. The average molecular weight is 260 g/mol. The van der Waals surface area contributed by atoms with E-state index in [2.05, 4.69) is 19.4 Å². The van der Waals surface area contributed by atoms with Gasteiger partial charge in [0, 0.05) is 13.1 Å². The Balaban J connectivity index is 2.85. The molecule has 0 unspecified atom stereocenters. The summed E-state index contributed by atoms with van der Waals surface area (Å²) in [5.74, 6) is 1.39. The molecule has 0 saturated carbocycles. The first-order valence-corrected chi connectivity index (χ1v) is 7.18. The summed E-state index contributed by atoms with van der Waals surface area (Å²) in [7, 11) is -3.50. The van der Waals surface area contributed by atoms with Gasteiger partial charge in [0.15, 0.2) is 11.7 Å². The molecule has 2 N–H and O–H groups in total. The highest BCUT2D eigenvalue weighted by atomic mass is 32.2. The van der Waals surface area contributed by atoms with Crippen molar-refractivity contribution in [2.75, 3.05) is 13.1 Å². The van der Waals surface area contributed by atoms with Crippen LogP contribution in [0.3, 0.4) is 0 Å². The predicted molar refractivity (Wildman–Crippen MR) is 69.5 cm³/mol. The summed E-state index contributed by atoms with van der Waals surface area (Å²) < 4.78 is 27.4. The Labute approximate surface area is 103 Å². The fourth-order valence-electron chi connectivity index (χ4n) is 1.14. The summed E-state index contributed by atoms with van der Waals surface area (Å²) in [6.07, 6.45) is 0. The maximum Gasteiger partial charge on any atom is 0.324 e. The third-order valence-corrected chi connectivity index (χ3v) is 2.84. The predicted octanol–water partition coefficient (Wildman–Crippen LogP) is 0.533. The van der Waals surface area contributed by atoms with Gasteiger partial charge in [0.25, 0.3) is 0 Å². The van der Waals surface area contributed by atoms with E-state index < -0.39 is 10.2 Å². The van der Waals surface area contributed by atoms with Gasteiger partial charge in [0.05, 0.1) is 0 Å². The van der Waals surface area contributed by atoms with Crippen LogP contribution >= 0.6 is 0 Å². The number of nitrogens with zero attached hydrogens (tertiary/aromatic N) is 2. The molecule has 0 aromatic carbocycles. The van der Waals surface area contributed by atoms with E-state index in [4.69, 9.17) is 0 Å². The molecule has 0 spiro atoms. The third-order valence-electron chi connectivity index (χ3n) is 1.92. The molecule has 98 valence electrons. The topological polar surface area (TPSA) is 82.9 Å². The fraction of sp³-hybridized carbons (Fsp3) is 0.800. The highest BCUT2D eigenvalue weighted by Crippen LogP contribution is 2.00. The van der Waals surface area contributed by atoms with Crippen LogP contribution < -0.4 is 9.44 Å². The highest BCUT2D eigenvalue weighted by Gasteiger charge is 2.28. The first-order valence-electron chi connectivity index (χ1n) is 5.70. The van der Waals surface area contributed by atoms with E-state index in [1.165, 1.54) is 0 Å². The molecule has 17 heavy (non-hydrogen) atoms. The summed E-state index contributed by atoms with van der Waals surface area (Å²) in [5, 5.41) is 0.